The summed E-state index contributed by atoms with van der Waals surface area (Å²) >= 11 is 6.52. The Labute approximate surface area is 242 Å². The van der Waals surface area contributed by atoms with Crippen molar-refractivity contribution in [3.63, 3.8) is 0 Å². The molecule has 4 aromatic rings. The Morgan fingerprint density at radius 1 is 0.976 bits per heavy atom. The van der Waals surface area contributed by atoms with Crippen molar-refractivity contribution in [3.05, 3.63) is 93.8 Å². The van der Waals surface area contributed by atoms with E-state index in [9.17, 15) is 14.4 Å². The molecule has 0 radical (unpaired) electrons. The van der Waals surface area contributed by atoms with Crippen molar-refractivity contribution < 1.29 is 28.2 Å². The van der Waals surface area contributed by atoms with Gasteiger partial charge in [-0.3, -0.25) is 4.79 Å². The summed E-state index contributed by atoms with van der Waals surface area (Å²) in [4.78, 5) is 37.4. The highest BCUT2D eigenvalue weighted by molar-refractivity contribution is 6.33. The second kappa shape index (κ2) is 12.9. The molecule has 5 rings (SSSR count). The largest absolute Gasteiger partial charge is 0.497 e. The summed E-state index contributed by atoms with van der Waals surface area (Å²) in [7, 11) is 1.58. The summed E-state index contributed by atoms with van der Waals surface area (Å²) in [5.74, 6) is 0.413. The molecular weight excluding hydrogens is 546 g/mol. The summed E-state index contributed by atoms with van der Waals surface area (Å²) < 4.78 is 21.6. The van der Waals surface area contributed by atoms with E-state index in [4.69, 9.17) is 30.2 Å². The molecule has 1 N–H and O–H groups in total. The standard InChI is InChI=1S/C32H30ClNO7/c1-38-24-13-11-22(12-14-24)25-16-30(35)40-28-17-29(27(33)15-26(25)28)41-31(36)23-9-7-20(8-10-23)18-34-32(37)39-19-21-5-3-2-4-6-21/h2-6,11-17,20,23H,7-10,18-19H2,1H3,(H,34,37). The normalized spacial score (nSPS) is 16.6. The van der Waals surface area contributed by atoms with Crippen LogP contribution in [0.15, 0.2) is 82.0 Å². The Morgan fingerprint density at radius 3 is 2.41 bits per heavy atom. The molecule has 8 nitrogen and oxygen atoms in total. The number of carbonyl (C=O) groups excluding carboxylic acids is 2. The van der Waals surface area contributed by atoms with Gasteiger partial charge in [0.05, 0.1) is 18.1 Å². The van der Waals surface area contributed by atoms with Crippen molar-refractivity contribution in [1.29, 1.82) is 0 Å². The molecule has 0 unspecified atom stereocenters. The topological polar surface area (TPSA) is 104 Å². The van der Waals surface area contributed by atoms with Gasteiger partial charge in [-0.2, -0.15) is 0 Å². The number of benzene rings is 3. The van der Waals surface area contributed by atoms with Crippen LogP contribution in [0.5, 0.6) is 11.5 Å². The maximum Gasteiger partial charge on any atom is 0.407 e. The van der Waals surface area contributed by atoms with Crippen LogP contribution in [0.4, 0.5) is 4.79 Å². The first kappa shape index (κ1) is 28.2. The van der Waals surface area contributed by atoms with Gasteiger partial charge in [-0.05, 0) is 66.5 Å². The van der Waals surface area contributed by atoms with Crippen LogP contribution >= 0.6 is 11.6 Å². The zero-order valence-corrected chi connectivity index (χ0v) is 23.3. The number of nitrogens with one attached hydrogen (secondary N) is 1. The van der Waals surface area contributed by atoms with Crippen molar-refractivity contribution in [3.8, 4) is 22.6 Å². The van der Waals surface area contributed by atoms with Crippen LogP contribution in [0.3, 0.4) is 0 Å². The van der Waals surface area contributed by atoms with Crippen molar-refractivity contribution in [1.82, 2.24) is 5.32 Å². The molecule has 0 spiro atoms. The van der Waals surface area contributed by atoms with E-state index in [0.717, 1.165) is 24.0 Å². The van der Waals surface area contributed by atoms with E-state index in [2.05, 4.69) is 5.32 Å². The Hall–Kier alpha value is -4.30. The molecule has 1 aromatic heterocycles. The van der Waals surface area contributed by atoms with E-state index in [-0.39, 0.29) is 40.8 Å². The van der Waals surface area contributed by atoms with E-state index in [1.165, 1.54) is 12.1 Å². The second-order valence-corrected chi connectivity index (χ2v) is 10.5. The molecule has 3 aromatic carbocycles. The lowest BCUT2D eigenvalue weighted by Crippen LogP contribution is -2.33. The lowest BCUT2D eigenvalue weighted by Gasteiger charge is -2.27. The Morgan fingerprint density at radius 2 is 1.71 bits per heavy atom. The van der Waals surface area contributed by atoms with Crippen LogP contribution in [0, 0.1) is 11.8 Å². The zero-order chi connectivity index (χ0) is 28.8. The third-order valence-corrected chi connectivity index (χ3v) is 7.63. The first-order valence-corrected chi connectivity index (χ1v) is 13.9. The zero-order valence-electron chi connectivity index (χ0n) is 22.6. The first-order chi connectivity index (χ1) is 19.9. The van der Waals surface area contributed by atoms with Gasteiger partial charge >= 0.3 is 17.7 Å². The minimum atomic E-state index is -0.529. The molecule has 0 aliphatic heterocycles. The molecule has 0 bridgehead atoms. The lowest BCUT2D eigenvalue weighted by atomic mass is 9.82. The van der Waals surface area contributed by atoms with Crippen molar-refractivity contribution in [2.45, 2.75) is 32.3 Å². The fourth-order valence-electron chi connectivity index (χ4n) is 5.05. The number of rotatable bonds is 8. The molecule has 212 valence electrons. The van der Waals surface area contributed by atoms with Crippen LogP contribution in [0.25, 0.3) is 22.1 Å². The van der Waals surface area contributed by atoms with Crippen LogP contribution in [0.1, 0.15) is 31.2 Å². The van der Waals surface area contributed by atoms with Crippen molar-refractivity contribution in [2.24, 2.45) is 11.8 Å². The number of carbonyl (C=O) groups is 2. The highest BCUT2D eigenvalue weighted by Gasteiger charge is 2.29. The minimum Gasteiger partial charge on any atom is -0.497 e. The van der Waals surface area contributed by atoms with E-state index in [0.29, 0.717) is 36.1 Å². The average molecular weight is 576 g/mol. The van der Waals surface area contributed by atoms with E-state index >= 15 is 0 Å². The molecule has 41 heavy (non-hydrogen) atoms. The van der Waals surface area contributed by atoms with Gasteiger partial charge in [0.25, 0.3) is 0 Å². The third kappa shape index (κ3) is 7.08. The number of hydrogen-bond donors (Lipinski definition) is 1. The minimum absolute atomic E-state index is 0.143. The van der Waals surface area contributed by atoms with Crippen LogP contribution in [-0.4, -0.2) is 25.7 Å². The fraction of sp³-hybridized carbons (Fsp3) is 0.281. The fourth-order valence-corrected chi connectivity index (χ4v) is 5.25. The van der Waals surface area contributed by atoms with Gasteiger partial charge < -0.3 is 23.9 Å². The monoisotopic (exact) mass is 575 g/mol. The molecule has 1 aliphatic rings. The first-order valence-electron chi connectivity index (χ1n) is 13.5. The molecule has 0 atom stereocenters. The summed E-state index contributed by atoms with van der Waals surface area (Å²) in [5, 5.41) is 3.68. The number of fused-ring (bicyclic) bond motifs is 1. The summed E-state index contributed by atoms with van der Waals surface area (Å²) in [6.07, 6.45) is 2.34. The second-order valence-electron chi connectivity index (χ2n) is 10.1. The molecule has 1 aliphatic carbocycles. The third-order valence-electron chi connectivity index (χ3n) is 7.34. The predicted molar refractivity (Wildman–Crippen MR) is 155 cm³/mol. The van der Waals surface area contributed by atoms with Crippen LogP contribution in [-0.2, 0) is 16.1 Å². The lowest BCUT2D eigenvalue weighted by molar-refractivity contribution is -0.140. The van der Waals surface area contributed by atoms with Gasteiger partial charge in [0.1, 0.15) is 17.9 Å². The van der Waals surface area contributed by atoms with Gasteiger partial charge in [-0.25, -0.2) is 9.59 Å². The van der Waals surface area contributed by atoms with E-state index in [1.807, 2.05) is 42.5 Å². The van der Waals surface area contributed by atoms with Gasteiger partial charge in [0.2, 0.25) is 0 Å². The highest BCUT2D eigenvalue weighted by Crippen LogP contribution is 2.37. The summed E-state index contributed by atoms with van der Waals surface area (Å²) in [6, 6.07) is 21.3. The number of esters is 1. The number of amides is 1. The SMILES string of the molecule is COc1ccc(-c2cc(=O)oc3cc(OC(=O)C4CCC(CNC(=O)OCc5ccccc5)CC4)c(Cl)cc23)cc1. The van der Waals surface area contributed by atoms with Gasteiger partial charge in [-0.1, -0.05) is 54.1 Å². The smallest absolute Gasteiger partial charge is 0.407 e. The molecule has 0 saturated heterocycles. The molecular formula is C32H30ClNO7. The average Bonchev–Trinajstić information content (AvgIpc) is 3.00. The maximum absolute atomic E-state index is 13.0. The Kier molecular flexibility index (Phi) is 8.89. The number of hydrogen-bond acceptors (Lipinski definition) is 7. The number of methoxy groups -OCH3 is 1. The number of alkyl carbamates (subject to hydrolysis) is 1. The predicted octanol–water partition coefficient (Wildman–Crippen LogP) is 6.76. The van der Waals surface area contributed by atoms with E-state index in [1.54, 1.807) is 25.3 Å². The highest BCUT2D eigenvalue weighted by atomic mass is 35.5. The Balaban J connectivity index is 1.17. The molecule has 1 saturated carbocycles. The molecule has 1 fully saturated rings. The van der Waals surface area contributed by atoms with Crippen LogP contribution < -0.4 is 20.4 Å². The summed E-state index contributed by atoms with van der Waals surface area (Å²) in [6.45, 7) is 0.705. The van der Waals surface area contributed by atoms with Gasteiger partial charge in [0, 0.05) is 24.1 Å². The van der Waals surface area contributed by atoms with Gasteiger partial charge in [-0.15, -0.1) is 0 Å². The van der Waals surface area contributed by atoms with E-state index < -0.39 is 11.7 Å². The molecule has 1 heterocycles. The van der Waals surface area contributed by atoms with Crippen molar-refractivity contribution in [2.75, 3.05) is 13.7 Å². The maximum atomic E-state index is 13.0. The van der Waals surface area contributed by atoms with Gasteiger partial charge in [0.15, 0.2) is 5.75 Å². The number of ether oxygens (including phenoxy) is 3. The van der Waals surface area contributed by atoms with Crippen molar-refractivity contribution >= 4 is 34.6 Å². The molecule has 9 heteroatoms. The molecule has 1 amide bonds. The van der Waals surface area contributed by atoms with Crippen LogP contribution in [0.2, 0.25) is 5.02 Å². The number of halogens is 1. The Bertz CT molecular complexity index is 1580. The summed E-state index contributed by atoms with van der Waals surface area (Å²) in [5.41, 5.74) is 2.10. The quantitative estimate of drug-likeness (QED) is 0.141.